The Morgan fingerprint density at radius 3 is 2.27 bits per heavy atom. The Balaban J connectivity index is 1.67. The smallest absolute Gasteiger partial charge is 0.164 e. The standard InChI is InChI=1S/C22H21N5O3/c28-17-5-1-14(2-6-17)20-19-21(25-15-3-7-18(29)8-4-15)23-13-24-22(19)27(26-20)16-9-11-30-12-10-16/h1-8,13,16,28-29H,9-12H2,(H,23,24,25). The van der Waals surface area contributed by atoms with Crippen molar-refractivity contribution in [3.05, 3.63) is 54.9 Å². The number of benzene rings is 2. The molecule has 1 aliphatic rings. The van der Waals surface area contributed by atoms with Crippen LogP contribution in [0.2, 0.25) is 0 Å². The Morgan fingerprint density at radius 2 is 1.57 bits per heavy atom. The molecule has 4 aromatic rings. The van der Waals surface area contributed by atoms with Crippen LogP contribution in [0, 0.1) is 0 Å². The highest BCUT2D eigenvalue weighted by Gasteiger charge is 2.24. The maximum Gasteiger partial charge on any atom is 0.164 e. The molecule has 1 fully saturated rings. The summed E-state index contributed by atoms with van der Waals surface area (Å²) in [6, 6.07) is 14.0. The summed E-state index contributed by atoms with van der Waals surface area (Å²) in [5.74, 6) is 1.03. The van der Waals surface area contributed by atoms with Crippen molar-refractivity contribution in [1.82, 2.24) is 19.7 Å². The van der Waals surface area contributed by atoms with E-state index >= 15 is 0 Å². The van der Waals surface area contributed by atoms with Gasteiger partial charge < -0.3 is 20.3 Å². The zero-order valence-corrected chi connectivity index (χ0v) is 16.2. The van der Waals surface area contributed by atoms with Crippen molar-refractivity contribution in [2.75, 3.05) is 18.5 Å². The molecule has 0 aliphatic carbocycles. The maximum absolute atomic E-state index is 9.70. The molecule has 5 rings (SSSR count). The predicted molar refractivity (Wildman–Crippen MR) is 113 cm³/mol. The molecule has 3 heterocycles. The summed E-state index contributed by atoms with van der Waals surface area (Å²) >= 11 is 0. The molecule has 30 heavy (non-hydrogen) atoms. The molecule has 0 bridgehead atoms. The molecule has 2 aromatic carbocycles. The normalized spacial score (nSPS) is 14.8. The molecule has 8 heteroatoms. The molecule has 1 saturated heterocycles. The summed E-state index contributed by atoms with van der Waals surface area (Å²) in [5, 5.41) is 28.3. The van der Waals surface area contributed by atoms with E-state index in [2.05, 4.69) is 15.3 Å². The number of hydrogen-bond acceptors (Lipinski definition) is 7. The molecule has 2 aromatic heterocycles. The second-order valence-corrected chi connectivity index (χ2v) is 7.28. The van der Waals surface area contributed by atoms with Gasteiger partial charge in [0.1, 0.15) is 29.3 Å². The molecule has 1 aliphatic heterocycles. The number of anilines is 2. The Hall–Kier alpha value is -3.65. The fourth-order valence-electron chi connectivity index (χ4n) is 3.76. The van der Waals surface area contributed by atoms with Gasteiger partial charge in [0, 0.05) is 24.5 Å². The van der Waals surface area contributed by atoms with Crippen LogP contribution in [-0.2, 0) is 4.74 Å². The zero-order valence-electron chi connectivity index (χ0n) is 16.2. The molecule has 0 atom stereocenters. The molecule has 0 saturated carbocycles. The number of phenolic OH excluding ortho intramolecular Hbond substituents is 2. The lowest BCUT2D eigenvalue weighted by Crippen LogP contribution is -2.20. The largest absolute Gasteiger partial charge is 0.508 e. The minimum Gasteiger partial charge on any atom is -0.508 e. The number of nitrogens with zero attached hydrogens (tertiary/aromatic N) is 4. The van der Waals surface area contributed by atoms with Gasteiger partial charge in [-0.05, 0) is 61.4 Å². The van der Waals surface area contributed by atoms with E-state index in [0.717, 1.165) is 40.8 Å². The summed E-state index contributed by atoms with van der Waals surface area (Å²) in [7, 11) is 0. The van der Waals surface area contributed by atoms with E-state index in [-0.39, 0.29) is 17.5 Å². The van der Waals surface area contributed by atoms with E-state index in [4.69, 9.17) is 9.84 Å². The van der Waals surface area contributed by atoms with Crippen molar-refractivity contribution in [2.45, 2.75) is 18.9 Å². The second kappa shape index (κ2) is 7.64. The van der Waals surface area contributed by atoms with E-state index in [0.29, 0.717) is 19.0 Å². The fraction of sp³-hybridized carbons (Fsp3) is 0.227. The first-order valence-corrected chi connectivity index (χ1v) is 9.85. The molecule has 0 amide bonds. The second-order valence-electron chi connectivity index (χ2n) is 7.28. The fourth-order valence-corrected chi connectivity index (χ4v) is 3.76. The van der Waals surface area contributed by atoms with Gasteiger partial charge in [0.25, 0.3) is 0 Å². The van der Waals surface area contributed by atoms with Crippen molar-refractivity contribution < 1.29 is 14.9 Å². The van der Waals surface area contributed by atoms with Crippen LogP contribution in [-0.4, -0.2) is 43.2 Å². The minimum atomic E-state index is 0.198. The number of ether oxygens (including phenoxy) is 1. The van der Waals surface area contributed by atoms with Gasteiger partial charge in [0.2, 0.25) is 0 Å². The van der Waals surface area contributed by atoms with Crippen molar-refractivity contribution in [2.24, 2.45) is 0 Å². The highest BCUT2D eigenvalue weighted by atomic mass is 16.5. The van der Waals surface area contributed by atoms with Gasteiger partial charge in [-0.25, -0.2) is 14.6 Å². The number of fused-ring (bicyclic) bond motifs is 1. The summed E-state index contributed by atoms with van der Waals surface area (Å²) < 4.78 is 7.49. The van der Waals surface area contributed by atoms with Gasteiger partial charge in [0.05, 0.1) is 11.4 Å². The summed E-state index contributed by atoms with van der Waals surface area (Å²) in [5.41, 5.74) is 3.16. The lowest BCUT2D eigenvalue weighted by molar-refractivity contribution is 0.0674. The predicted octanol–water partition coefficient (Wildman–Crippen LogP) is 4.00. The Labute approximate surface area is 172 Å². The van der Waals surface area contributed by atoms with Gasteiger partial charge >= 0.3 is 0 Å². The zero-order chi connectivity index (χ0) is 20.5. The van der Waals surface area contributed by atoms with Crippen LogP contribution in [0.1, 0.15) is 18.9 Å². The Bertz CT molecular complexity index is 1170. The molecular formula is C22H21N5O3. The van der Waals surface area contributed by atoms with E-state index in [9.17, 15) is 10.2 Å². The third-order valence-electron chi connectivity index (χ3n) is 5.30. The van der Waals surface area contributed by atoms with Gasteiger partial charge in [-0.1, -0.05) is 0 Å². The lowest BCUT2D eigenvalue weighted by atomic mass is 10.1. The average molecular weight is 403 g/mol. The number of phenols is 2. The molecule has 0 spiro atoms. The van der Waals surface area contributed by atoms with Crippen LogP contribution < -0.4 is 5.32 Å². The highest BCUT2D eigenvalue weighted by Crippen LogP contribution is 2.36. The number of rotatable bonds is 4. The molecular weight excluding hydrogens is 382 g/mol. The lowest BCUT2D eigenvalue weighted by Gasteiger charge is -2.22. The van der Waals surface area contributed by atoms with Crippen LogP contribution in [0.3, 0.4) is 0 Å². The van der Waals surface area contributed by atoms with Gasteiger partial charge in [-0.15, -0.1) is 0 Å². The van der Waals surface area contributed by atoms with Crippen LogP contribution in [0.15, 0.2) is 54.9 Å². The van der Waals surface area contributed by atoms with Crippen LogP contribution >= 0.6 is 0 Å². The van der Waals surface area contributed by atoms with Crippen molar-refractivity contribution in [1.29, 1.82) is 0 Å². The Kier molecular flexibility index (Phi) is 4.68. The monoisotopic (exact) mass is 403 g/mol. The SMILES string of the molecule is Oc1ccc(Nc2ncnc3c2c(-c2ccc(O)cc2)nn3C2CCOCC2)cc1. The molecule has 152 valence electrons. The van der Waals surface area contributed by atoms with Gasteiger partial charge in [-0.3, -0.25) is 0 Å². The summed E-state index contributed by atoms with van der Waals surface area (Å²) in [6.07, 6.45) is 3.27. The van der Waals surface area contributed by atoms with Crippen LogP contribution in [0.4, 0.5) is 11.5 Å². The highest BCUT2D eigenvalue weighted by molar-refractivity contribution is 6.00. The molecule has 8 nitrogen and oxygen atoms in total. The molecule has 0 unspecified atom stereocenters. The summed E-state index contributed by atoms with van der Waals surface area (Å²) in [6.45, 7) is 1.40. The summed E-state index contributed by atoms with van der Waals surface area (Å²) in [4.78, 5) is 9.03. The van der Waals surface area contributed by atoms with E-state index in [1.54, 1.807) is 36.4 Å². The number of aromatic hydroxyl groups is 2. The quantitative estimate of drug-likeness (QED) is 0.442. The first-order valence-electron chi connectivity index (χ1n) is 9.85. The first kappa shape index (κ1) is 18.4. The number of aromatic nitrogens is 4. The van der Waals surface area contributed by atoms with Crippen LogP contribution in [0.5, 0.6) is 11.5 Å². The van der Waals surface area contributed by atoms with Crippen molar-refractivity contribution in [3.8, 4) is 22.8 Å². The van der Waals surface area contributed by atoms with Crippen molar-refractivity contribution >= 4 is 22.5 Å². The molecule has 0 radical (unpaired) electrons. The number of nitrogens with one attached hydrogen (secondary N) is 1. The first-order chi connectivity index (χ1) is 14.7. The Morgan fingerprint density at radius 1 is 0.900 bits per heavy atom. The van der Waals surface area contributed by atoms with Gasteiger partial charge in [-0.2, -0.15) is 5.10 Å². The third kappa shape index (κ3) is 3.42. The minimum absolute atomic E-state index is 0.198. The van der Waals surface area contributed by atoms with Crippen molar-refractivity contribution in [3.63, 3.8) is 0 Å². The van der Waals surface area contributed by atoms with E-state index in [1.807, 2.05) is 16.8 Å². The third-order valence-corrected chi connectivity index (χ3v) is 5.30. The van der Waals surface area contributed by atoms with E-state index in [1.165, 1.54) is 6.33 Å². The average Bonchev–Trinajstić information content (AvgIpc) is 3.17. The van der Waals surface area contributed by atoms with Crippen LogP contribution in [0.25, 0.3) is 22.3 Å². The number of hydrogen-bond donors (Lipinski definition) is 3. The van der Waals surface area contributed by atoms with E-state index < -0.39 is 0 Å². The maximum atomic E-state index is 9.70. The van der Waals surface area contributed by atoms with Gasteiger partial charge in [0.15, 0.2) is 5.65 Å². The molecule has 3 N–H and O–H groups in total. The topological polar surface area (TPSA) is 105 Å².